The predicted octanol–water partition coefficient (Wildman–Crippen LogP) is 3.58. The molecule has 33 heavy (non-hydrogen) atoms. The van der Waals surface area contributed by atoms with Crippen LogP contribution in [0.1, 0.15) is 31.3 Å². The number of pyridine rings is 1. The molecule has 1 aliphatic rings. The van der Waals surface area contributed by atoms with Crippen molar-refractivity contribution in [1.29, 1.82) is 0 Å². The largest absolute Gasteiger partial charge is 0.444 e. The van der Waals surface area contributed by atoms with Crippen LogP contribution in [-0.4, -0.2) is 63.4 Å². The van der Waals surface area contributed by atoms with E-state index in [9.17, 15) is 9.59 Å². The van der Waals surface area contributed by atoms with E-state index in [-0.39, 0.29) is 12.0 Å². The van der Waals surface area contributed by atoms with Gasteiger partial charge in [0.15, 0.2) is 5.69 Å². The van der Waals surface area contributed by atoms with Gasteiger partial charge in [-0.15, -0.1) is 0 Å². The van der Waals surface area contributed by atoms with Gasteiger partial charge in [-0.3, -0.25) is 4.79 Å². The Balaban J connectivity index is 1.31. The zero-order valence-corrected chi connectivity index (χ0v) is 19.1. The first-order valence-corrected chi connectivity index (χ1v) is 10.9. The number of carbonyl (C=O) groups is 2. The second-order valence-electron chi connectivity index (χ2n) is 8.79. The molecule has 0 unspecified atom stereocenters. The van der Waals surface area contributed by atoms with Gasteiger partial charge in [-0.25, -0.2) is 14.5 Å². The van der Waals surface area contributed by atoms with Crippen LogP contribution in [-0.2, 0) is 4.74 Å². The predicted molar refractivity (Wildman–Crippen MR) is 126 cm³/mol. The minimum atomic E-state index is -0.502. The molecule has 0 atom stereocenters. The third-order valence-electron chi connectivity index (χ3n) is 5.13. The van der Waals surface area contributed by atoms with Gasteiger partial charge in [0.05, 0.1) is 17.6 Å². The highest BCUT2D eigenvalue weighted by atomic mass is 16.6. The fourth-order valence-corrected chi connectivity index (χ4v) is 3.47. The molecule has 2 amide bonds. The highest BCUT2D eigenvalue weighted by Gasteiger charge is 2.26. The number of rotatable bonds is 4. The van der Waals surface area contributed by atoms with E-state index in [0.29, 0.717) is 37.7 Å². The van der Waals surface area contributed by atoms with E-state index in [1.807, 2.05) is 57.2 Å². The highest BCUT2D eigenvalue weighted by Crippen LogP contribution is 2.19. The highest BCUT2D eigenvalue weighted by molar-refractivity contribution is 6.02. The molecule has 1 aromatic carbocycles. The summed E-state index contributed by atoms with van der Waals surface area (Å²) in [4.78, 5) is 33.0. The number of nitrogens with zero attached hydrogens (tertiary/aromatic N) is 5. The van der Waals surface area contributed by atoms with Crippen molar-refractivity contribution in [3.63, 3.8) is 0 Å². The third kappa shape index (κ3) is 5.68. The number of hydrogen-bond acceptors (Lipinski definition) is 6. The zero-order valence-electron chi connectivity index (χ0n) is 19.1. The average Bonchev–Trinajstić information content (AvgIpc) is 3.30. The van der Waals surface area contributed by atoms with E-state index in [1.54, 1.807) is 34.1 Å². The molecule has 9 heteroatoms. The molecule has 0 saturated carbocycles. The van der Waals surface area contributed by atoms with Gasteiger partial charge in [0.25, 0.3) is 5.91 Å². The third-order valence-corrected chi connectivity index (χ3v) is 5.13. The Bertz CT molecular complexity index is 1100. The van der Waals surface area contributed by atoms with Crippen molar-refractivity contribution in [3.05, 3.63) is 66.6 Å². The van der Waals surface area contributed by atoms with E-state index < -0.39 is 5.60 Å². The van der Waals surface area contributed by atoms with Crippen LogP contribution in [0, 0.1) is 0 Å². The first-order valence-electron chi connectivity index (χ1n) is 10.9. The fraction of sp³-hybridized carbons (Fsp3) is 0.333. The van der Waals surface area contributed by atoms with Crippen molar-refractivity contribution in [2.75, 3.05) is 36.4 Å². The van der Waals surface area contributed by atoms with Gasteiger partial charge in [-0.2, -0.15) is 5.10 Å². The van der Waals surface area contributed by atoms with Gasteiger partial charge in [-0.05, 0) is 51.1 Å². The maximum atomic E-state index is 12.6. The molecule has 9 nitrogen and oxygen atoms in total. The molecule has 172 valence electrons. The van der Waals surface area contributed by atoms with Crippen LogP contribution in [0.25, 0.3) is 5.69 Å². The molecule has 0 aliphatic carbocycles. The Kier molecular flexibility index (Phi) is 6.30. The molecule has 4 rings (SSSR count). The summed E-state index contributed by atoms with van der Waals surface area (Å²) in [6.07, 6.45) is 3.19. The number of carbonyl (C=O) groups excluding carboxylic acids is 2. The number of para-hydroxylation sites is 1. The minimum Gasteiger partial charge on any atom is -0.444 e. The summed E-state index contributed by atoms with van der Waals surface area (Å²) < 4.78 is 7.10. The first-order chi connectivity index (χ1) is 15.8. The number of nitrogens with one attached hydrogen (secondary N) is 1. The minimum absolute atomic E-state index is 0.284. The van der Waals surface area contributed by atoms with Gasteiger partial charge in [0, 0.05) is 32.4 Å². The van der Waals surface area contributed by atoms with Gasteiger partial charge >= 0.3 is 6.09 Å². The standard InChI is InChI=1S/C24H28N6O3/c1-24(2,3)33-23(32)29-15-13-28(14-16-29)19-9-10-21(25-17-19)26-22(31)20-11-12-30(27-20)18-7-5-4-6-8-18/h4-12,17H,13-16H2,1-3H3,(H,25,26,31). The quantitative estimate of drug-likeness (QED) is 0.656. The maximum absolute atomic E-state index is 12.6. The molecule has 3 aromatic rings. The summed E-state index contributed by atoms with van der Waals surface area (Å²) in [5.74, 6) is 0.126. The molecule has 1 N–H and O–H groups in total. The molecule has 1 saturated heterocycles. The van der Waals surface area contributed by atoms with Crippen LogP contribution in [0.3, 0.4) is 0 Å². The fourth-order valence-electron chi connectivity index (χ4n) is 3.47. The molecule has 0 radical (unpaired) electrons. The Hall–Kier alpha value is -3.88. The van der Waals surface area contributed by atoms with Crippen LogP contribution in [0.15, 0.2) is 60.9 Å². The zero-order chi connectivity index (χ0) is 23.4. The van der Waals surface area contributed by atoms with Crippen LogP contribution in [0.5, 0.6) is 0 Å². The SMILES string of the molecule is CC(C)(C)OC(=O)N1CCN(c2ccc(NC(=O)c3ccn(-c4ccccc4)n3)nc2)CC1. The molecule has 0 bridgehead atoms. The van der Waals surface area contributed by atoms with Crippen molar-refractivity contribution in [1.82, 2.24) is 19.7 Å². The lowest BCUT2D eigenvalue weighted by Gasteiger charge is -2.36. The second-order valence-corrected chi connectivity index (χ2v) is 8.79. The van der Waals surface area contributed by atoms with Gasteiger partial charge in [0.2, 0.25) is 0 Å². The van der Waals surface area contributed by atoms with Crippen LogP contribution < -0.4 is 10.2 Å². The summed E-state index contributed by atoms with van der Waals surface area (Å²) in [6.45, 7) is 8.12. The molecule has 2 aromatic heterocycles. The monoisotopic (exact) mass is 448 g/mol. The van der Waals surface area contributed by atoms with Crippen molar-refractivity contribution < 1.29 is 14.3 Å². The van der Waals surface area contributed by atoms with E-state index in [4.69, 9.17) is 4.74 Å². The number of benzene rings is 1. The van der Waals surface area contributed by atoms with Crippen molar-refractivity contribution in [2.24, 2.45) is 0 Å². The number of aromatic nitrogens is 3. The average molecular weight is 449 g/mol. The number of ether oxygens (including phenoxy) is 1. The molecular weight excluding hydrogens is 420 g/mol. The number of amides is 2. The van der Waals surface area contributed by atoms with Crippen LogP contribution in [0.2, 0.25) is 0 Å². The van der Waals surface area contributed by atoms with E-state index in [1.165, 1.54) is 0 Å². The Morgan fingerprint density at radius 3 is 2.30 bits per heavy atom. The topological polar surface area (TPSA) is 92.6 Å². The molecule has 0 spiro atoms. The van der Waals surface area contributed by atoms with Gasteiger partial charge < -0.3 is 19.9 Å². The summed E-state index contributed by atoms with van der Waals surface area (Å²) in [7, 11) is 0. The maximum Gasteiger partial charge on any atom is 0.410 e. The molecule has 3 heterocycles. The molecular formula is C24H28N6O3. The van der Waals surface area contributed by atoms with Crippen molar-refractivity contribution in [3.8, 4) is 5.69 Å². The van der Waals surface area contributed by atoms with E-state index >= 15 is 0 Å². The second kappa shape index (κ2) is 9.32. The number of hydrogen-bond donors (Lipinski definition) is 1. The van der Waals surface area contributed by atoms with Crippen LogP contribution in [0.4, 0.5) is 16.3 Å². The number of piperazine rings is 1. The van der Waals surface area contributed by atoms with Gasteiger partial charge in [0.1, 0.15) is 11.4 Å². The Labute approximate surface area is 193 Å². The van der Waals surface area contributed by atoms with Crippen LogP contribution >= 0.6 is 0 Å². The van der Waals surface area contributed by atoms with Crippen molar-refractivity contribution >= 4 is 23.5 Å². The summed E-state index contributed by atoms with van der Waals surface area (Å²) in [6, 6.07) is 14.9. The van der Waals surface area contributed by atoms with Crippen molar-refractivity contribution in [2.45, 2.75) is 26.4 Å². The summed E-state index contributed by atoms with van der Waals surface area (Å²) in [5.41, 5.74) is 1.62. The van der Waals surface area contributed by atoms with E-state index in [2.05, 4.69) is 20.3 Å². The normalized spacial score (nSPS) is 14.2. The van der Waals surface area contributed by atoms with Gasteiger partial charge in [-0.1, -0.05) is 18.2 Å². The summed E-state index contributed by atoms with van der Waals surface area (Å²) >= 11 is 0. The lowest BCUT2D eigenvalue weighted by atomic mass is 10.2. The Morgan fingerprint density at radius 1 is 0.939 bits per heavy atom. The lowest BCUT2D eigenvalue weighted by Crippen LogP contribution is -2.50. The molecule has 1 fully saturated rings. The Morgan fingerprint density at radius 2 is 1.67 bits per heavy atom. The molecule has 1 aliphatic heterocycles. The smallest absolute Gasteiger partial charge is 0.410 e. The number of anilines is 2. The first kappa shape index (κ1) is 22.3. The summed E-state index contributed by atoms with van der Waals surface area (Å²) in [5, 5.41) is 7.12. The lowest BCUT2D eigenvalue weighted by molar-refractivity contribution is 0.0240. The van der Waals surface area contributed by atoms with E-state index in [0.717, 1.165) is 11.4 Å².